The first kappa shape index (κ1) is 14.2. The van der Waals surface area contributed by atoms with Gasteiger partial charge in [-0.15, -0.1) is 0 Å². The van der Waals surface area contributed by atoms with Crippen LogP contribution in [-0.4, -0.2) is 29.2 Å². The van der Waals surface area contributed by atoms with E-state index in [2.05, 4.69) is 4.98 Å². The van der Waals surface area contributed by atoms with Crippen molar-refractivity contribution in [3.8, 4) is 0 Å². The smallest absolute Gasteiger partial charge is 0.333 e. The first-order valence-electron chi connectivity index (χ1n) is 4.77. The number of hydrogen-bond donors (Lipinski definition) is 1. The van der Waals surface area contributed by atoms with E-state index in [1.807, 2.05) is 0 Å². The van der Waals surface area contributed by atoms with Crippen LogP contribution >= 0.6 is 8.00 Å². The highest BCUT2D eigenvalue weighted by atomic mass is 32.2. The maximum atomic E-state index is 11.5. The Labute approximate surface area is 101 Å². The van der Waals surface area contributed by atoms with E-state index in [9.17, 15) is 13.3 Å². The van der Waals surface area contributed by atoms with Crippen LogP contribution < -0.4 is 4.89 Å². The average Bonchev–Trinajstić information content (AvgIpc) is 2.26. The summed E-state index contributed by atoms with van der Waals surface area (Å²) in [6.07, 6.45) is 2.78. The topological polar surface area (TPSA) is 99.5 Å². The van der Waals surface area contributed by atoms with E-state index < -0.39 is 22.7 Å². The summed E-state index contributed by atoms with van der Waals surface area (Å²) in [5, 5.41) is 0. The van der Waals surface area contributed by atoms with Crippen LogP contribution in [0.5, 0.6) is 0 Å². The van der Waals surface area contributed by atoms with Crippen molar-refractivity contribution in [2.75, 3.05) is 6.61 Å². The highest BCUT2D eigenvalue weighted by Gasteiger charge is 2.26. The summed E-state index contributed by atoms with van der Waals surface area (Å²) in [5.41, 5.74) is 0.531. The SMILES string of the molecule is CCO[P+]([O-])=C(Cc1cccnc1)S(=O)(=O)O. The maximum absolute atomic E-state index is 11.5. The number of nitrogens with zero attached hydrogens (tertiary/aromatic N) is 1. The van der Waals surface area contributed by atoms with E-state index in [0.29, 0.717) is 5.56 Å². The number of hydrogen-bond acceptors (Lipinski definition) is 5. The molecule has 0 fully saturated rings. The van der Waals surface area contributed by atoms with Gasteiger partial charge in [0.05, 0.1) is 13.0 Å². The molecule has 1 aromatic heterocycles. The van der Waals surface area contributed by atoms with E-state index in [0.717, 1.165) is 0 Å². The molecule has 0 radical (unpaired) electrons. The second-order valence-corrected chi connectivity index (χ2v) is 6.14. The van der Waals surface area contributed by atoms with Gasteiger partial charge in [0.1, 0.15) is 0 Å². The Bertz CT molecular complexity index is 499. The lowest BCUT2D eigenvalue weighted by molar-refractivity contribution is -0.171. The molecular formula is C9H12NO5PS. The van der Waals surface area contributed by atoms with E-state index in [1.165, 1.54) is 12.4 Å². The predicted octanol–water partition coefficient (Wildman–Crippen LogP) is 0.350. The van der Waals surface area contributed by atoms with Gasteiger partial charge in [0, 0.05) is 12.4 Å². The van der Waals surface area contributed by atoms with Crippen molar-refractivity contribution in [3.05, 3.63) is 30.1 Å². The molecule has 1 atom stereocenters. The summed E-state index contributed by atoms with van der Waals surface area (Å²) in [6, 6.07) is 3.23. The van der Waals surface area contributed by atoms with Gasteiger partial charge >= 0.3 is 10.1 Å². The number of rotatable bonds is 5. The van der Waals surface area contributed by atoms with Crippen LogP contribution in [0.25, 0.3) is 0 Å². The fourth-order valence-electron chi connectivity index (χ4n) is 1.12. The summed E-state index contributed by atoms with van der Waals surface area (Å²) in [7, 11) is -7.06. The standard InChI is InChI=1S/C9H12NO5PS/c1-2-15-16(11)9(17(12,13)14)6-8-4-3-5-10-7-8/h3-5,7H,2,6H2,1H3,(H,12,13,14). The van der Waals surface area contributed by atoms with Gasteiger partial charge in [-0.1, -0.05) is 6.07 Å². The fraction of sp³-hybridized carbons (Fsp3) is 0.333. The normalized spacial score (nSPS) is 13.4. The lowest BCUT2D eigenvalue weighted by Crippen LogP contribution is -2.19. The van der Waals surface area contributed by atoms with Crippen LogP contribution in [0.2, 0.25) is 0 Å². The Hall–Kier alpha value is -0.850. The molecule has 1 N–H and O–H groups in total. The van der Waals surface area contributed by atoms with Crippen LogP contribution in [-0.2, 0) is 21.1 Å². The van der Waals surface area contributed by atoms with Crippen LogP contribution in [0.4, 0.5) is 0 Å². The monoisotopic (exact) mass is 277 g/mol. The van der Waals surface area contributed by atoms with Crippen molar-refractivity contribution in [1.29, 1.82) is 0 Å². The quantitative estimate of drug-likeness (QED) is 0.615. The highest BCUT2D eigenvalue weighted by molar-refractivity contribution is 8.07. The summed E-state index contributed by atoms with van der Waals surface area (Å²) < 4.78 is 35.3. The zero-order valence-electron chi connectivity index (χ0n) is 9.11. The first-order chi connectivity index (χ1) is 7.95. The molecule has 0 saturated heterocycles. The van der Waals surface area contributed by atoms with E-state index in [1.54, 1.807) is 19.1 Å². The van der Waals surface area contributed by atoms with Crippen molar-refractivity contribution in [3.63, 3.8) is 0 Å². The Morgan fingerprint density at radius 1 is 1.65 bits per heavy atom. The zero-order valence-corrected chi connectivity index (χ0v) is 10.8. The van der Waals surface area contributed by atoms with Gasteiger partial charge in [-0.2, -0.15) is 12.9 Å². The molecule has 1 rings (SSSR count). The minimum Gasteiger partial charge on any atom is -0.602 e. The number of pyridine rings is 1. The lowest BCUT2D eigenvalue weighted by atomic mass is 10.2. The molecule has 0 aliphatic rings. The summed E-state index contributed by atoms with van der Waals surface area (Å²) in [5.74, 6) is 0. The minimum absolute atomic E-state index is 0.0985. The van der Waals surface area contributed by atoms with Crippen LogP contribution in [0.1, 0.15) is 12.5 Å². The fourth-order valence-corrected chi connectivity index (χ4v) is 3.07. The summed E-state index contributed by atoms with van der Waals surface area (Å²) in [4.78, 5) is 15.3. The lowest BCUT2D eigenvalue weighted by Gasteiger charge is -2.03. The molecular weight excluding hydrogens is 265 g/mol. The van der Waals surface area contributed by atoms with Crippen LogP contribution in [0.15, 0.2) is 24.5 Å². The molecule has 0 saturated carbocycles. The van der Waals surface area contributed by atoms with Gasteiger partial charge in [0.15, 0.2) is 0 Å². The Morgan fingerprint density at radius 3 is 2.82 bits per heavy atom. The predicted molar refractivity (Wildman–Crippen MR) is 63.0 cm³/mol. The highest BCUT2D eigenvalue weighted by Crippen LogP contribution is 2.21. The largest absolute Gasteiger partial charge is 0.602 e. The van der Waals surface area contributed by atoms with Crippen LogP contribution in [0, 0.1) is 0 Å². The van der Waals surface area contributed by atoms with Crippen molar-refractivity contribution >= 4 is 22.7 Å². The molecule has 0 spiro atoms. The molecule has 0 amide bonds. The number of aromatic nitrogens is 1. The molecule has 1 aromatic rings. The van der Waals surface area contributed by atoms with Crippen molar-refractivity contribution in [2.45, 2.75) is 13.3 Å². The minimum atomic E-state index is -4.50. The Balaban J connectivity index is 3.06. The zero-order chi connectivity index (χ0) is 12.9. The Morgan fingerprint density at radius 2 is 2.35 bits per heavy atom. The molecule has 1 unspecified atom stereocenters. The second kappa shape index (κ2) is 6.18. The average molecular weight is 277 g/mol. The molecule has 1 heterocycles. The third kappa shape index (κ3) is 4.49. The van der Waals surface area contributed by atoms with E-state index >= 15 is 0 Å². The third-order valence-corrected chi connectivity index (χ3v) is 4.76. The second-order valence-electron chi connectivity index (χ2n) is 3.08. The molecule has 8 heteroatoms. The van der Waals surface area contributed by atoms with Crippen LogP contribution in [0.3, 0.4) is 0 Å². The van der Waals surface area contributed by atoms with Gasteiger partial charge in [0.2, 0.25) is 8.00 Å². The van der Waals surface area contributed by atoms with Gasteiger partial charge in [-0.25, -0.2) is 0 Å². The summed E-state index contributed by atoms with van der Waals surface area (Å²) in [6.45, 7) is 1.68. The molecule has 0 aliphatic carbocycles. The van der Waals surface area contributed by atoms with Crippen molar-refractivity contribution < 1.29 is 22.4 Å². The van der Waals surface area contributed by atoms with Gasteiger partial charge in [-0.05, 0) is 18.6 Å². The Kier molecular flexibility index (Phi) is 5.17. The maximum Gasteiger partial charge on any atom is 0.333 e. The van der Waals surface area contributed by atoms with Gasteiger partial charge in [0.25, 0.3) is 4.63 Å². The third-order valence-electron chi connectivity index (χ3n) is 1.83. The summed E-state index contributed by atoms with van der Waals surface area (Å²) >= 11 is 0. The molecule has 0 aliphatic heterocycles. The first-order valence-corrected chi connectivity index (χ1v) is 7.39. The van der Waals surface area contributed by atoms with Crippen molar-refractivity contribution in [2.24, 2.45) is 0 Å². The van der Waals surface area contributed by atoms with Crippen molar-refractivity contribution in [1.82, 2.24) is 4.98 Å². The van der Waals surface area contributed by atoms with E-state index in [-0.39, 0.29) is 13.0 Å². The molecule has 17 heavy (non-hydrogen) atoms. The van der Waals surface area contributed by atoms with E-state index in [4.69, 9.17) is 9.08 Å². The molecule has 94 valence electrons. The van der Waals surface area contributed by atoms with Gasteiger partial charge in [-0.3, -0.25) is 9.54 Å². The molecule has 0 bridgehead atoms. The molecule has 6 nitrogen and oxygen atoms in total. The van der Waals surface area contributed by atoms with Gasteiger partial charge < -0.3 is 4.89 Å². The molecule has 0 aromatic carbocycles.